The molecule has 5 heteroatoms. The molecule has 0 radical (unpaired) electrons. The fraction of sp³-hybridized carbons (Fsp3) is 0.889. The molecule has 0 saturated carbocycles. The van der Waals surface area contributed by atoms with E-state index in [0.717, 1.165) is 0 Å². The van der Waals surface area contributed by atoms with Crippen molar-refractivity contribution in [3.63, 3.8) is 0 Å². The van der Waals surface area contributed by atoms with E-state index >= 15 is 0 Å². The van der Waals surface area contributed by atoms with Crippen LogP contribution in [0.4, 0.5) is 0 Å². The van der Waals surface area contributed by atoms with Gasteiger partial charge in [-0.25, -0.2) is 0 Å². The molecule has 0 spiro atoms. The first-order valence-corrected chi connectivity index (χ1v) is 4.62. The van der Waals surface area contributed by atoms with Gasteiger partial charge < -0.3 is 9.47 Å². The Morgan fingerprint density at radius 3 is 1.86 bits per heavy atom. The van der Waals surface area contributed by atoms with Crippen molar-refractivity contribution in [1.82, 2.24) is 10.6 Å². The highest BCUT2D eigenvalue weighted by atomic mass is 16.5. The molecule has 14 heavy (non-hydrogen) atoms. The van der Waals surface area contributed by atoms with Crippen LogP contribution in [-0.2, 0) is 14.3 Å². The van der Waals surface area contributed by atoms with Gasteiger partial charge >= 0.3 is 0 Å². The van der Waals surface area contributed by atoms with Gasteiger partial charge in [-0.15, -0.1) is 0 Å². The van der Waals surface area contributed by atoms with E-state index in [9.17, 15) is 4.79 Å². The fourth-order valence-corrected chi connectivity index (χ4v) is 1.03. The normalized spacial score (nSPS) is 10.9. The highest BCUT2D eigenvalue weighted by Gasteiger charge is 2.12. The number of ether oxygens (including phenoxy) is 2. The molecule has 0 aliphatic rings. The topological polar surface area (TPSA) is 59.6 Å². The van der Waals surface area contributed by atoms with Crippen molar-refractivity contribution in [3.05, 3.63) is 0 Å². The molecule has 0 saturated heterocycles. The Bertz CT molecular complexity index is 143. The molecule has 0 aromatic heterocycles. The molecule has 0 aromatic carbocycles. The van der Waals surface area contributed by atoms with E-state index in [1.807, 2.05) is 0 Å². The third-order valence-corrected chi connectivity index (χ3v) is 1.85. The minimum atomic E-state index is -0.0275. The average Bonchev–Trinajstić information content (AvgIpc) is 2.15. The van der Waals surface area contributed by atoms with Gasteiger partial charge in [-0.05, 0) is 6.92 Å². The van der Waals surface area contributed by atoms with Crippen LogP contribution in [0.3, 0.4) is 0 Å². The van der Waals surface area contributed by atoms with E-state index in [-0.39, 0.29) is 11.7 Å². The van der Waals surface area contributed by atoms with Crippen molar-refractivity contribution in [2.24, 2.45) is 5.92 Å². The summed E-state index contributed by atoms with van der Waals surface area (Å²) in [6.07, 6.45) is 0. The van der Waals surface area contributed by atoms with Gasteiger partial charge in [0.05, 0.1) is 13.5 Å². The van der Waals surface area contributed by atoms with Gasteiger partial charge in [-0.2, -0.15) is 0 Å². The molecule has 0 fully saturated rings. The first-order valence-electron chi connectivity index (χ1n) is 4.62. The van der Waals surface area contributed by atoms with Gasteiger partial charge in [0.1, 0.15) is 5.78 Å². The lowest BCUT2D eigenvalue weighted by atomic mass is 10.1. The summed E-state index contributed by atoms with van der Waals surface area (Å²) in [7, 11) is 3.22. The highest BCUT2D eigenvalue weighted by Crippen LogP contribution is 1.94. The zero-order valence-corrected chi connectivity index (χ0v) is 9.13. The van der Waals surface area contributed by atoms with Gasteiger partial charge in [-0.1, -0.05) is 0 Å². The monoisotopic (exact) mass is 204 g/mol. The van der Waals surface area contributed by atoms with Crippen molar-refractivity contribution < 1.29 is 14.3 Å². The molecule has 0 heterocycles. The van der Waals surface area contributed by atoms with Crippen molar-refractivity contribution in [2.45, 2.75) is 6.92 Å². The average molecular weight is 204 g/mol. The van der Waals surface area contributed by atoms with E-state index in [4.69, 9.17) is 9.47 Å². The number of methoxy groups -OCH3 is 2. The maximum atomic E-state index is 11.2. The maximum Gasteiger partial charge on any atom is 0.135 e. The molecular weight excluding hydrogens is 184 g/mol. The Kier molecular flexibility index (Phi) is 8.76. The van der Waals surface area contributed by atoms with Crippen LogP contribution in [-0.4, -0.2) is 46.6 Å². The van der Waals surface area contributed by atoms with Gasteiger partial charge in [0, 0.05) is 33.2 Å². The molecule has 0 amide bonds. The van der Waals surface area contributed by atoms with Crippen LogP contribution in [0.5, 0.6) is 0 Å². The van der Waals surface area contributed by atoms with E-state index < -0.39 is 0 Å². The number of carbonyl (C=O) groups is 1. The lowest BCUT2D eigenvalue weighted by Gasteiger charge is -2.14. The van der Waals surface area contributed by atoms with Crippen LogP contribution in [0, 0.1) is 5.92 Å². The minimum absolute atomic E-state index is 0.0275. The summed E-state index contributed by atoms with van der Waals surface area (Å²) >= 11 is 0. The van der Waals surface area contributed by atoms with E-state index in [2.05, 4.69) is 10.6 Å². The number of ketones is 1. The van der Waals surface area contributed by atoms with Crippen LogP contribution in [0.25, 0.3) is 0 Å². The maximum absolute atomic E-state index is 11.2. The number of Topliss-reactive ketones (excluding diaryl/α,β-unsaturated/α-hetero) is 1. The smallest absolute Gasteiger partial charge is 0.135 e. The van der Waals surface area contributed by atoms with Crippen LogP contribution in [0.15, 0.2) is 0 Å². The van der Waals surface area contributed by atoms with Gasteiger partial charge in [0.2, 0.25) is 0 Å². The fourth-order valence-electron chi connectivity index (χ4n) is 1.03. The van der Waals surface area contributed by atoms with Gasteiger partial charge in [0.15, 0.2) is 0 Å². The van der Waals surface area contributed by atoms with Crippen LogP contribution < -0.4 is 10.6 Å². The second kappa shape index (κ2) is 9.08. The van der Waals surface area contributed by atoms with Crippen LogP contribution >= 0.6 is 0 Å². The molecule has 0 aliphatic heterocycles. The molecule has 0 aromatic rings. The Labute approximate surface area is 85.1 Å². The Hall–Kier alpha value is -0.490. The van der Waals surface area contributed by atoms with E-state index in [1.54, 1.807) is 21.1 Å². The minimum Gasteiger partial charge on any atom is -0.370 e. The van der Waals surface area contributed by atoms with Gasteiger partial charge in [0.25, 0.3) is 0 Å². The van der Waals surface area contributed by atoms with Crippen molar-refractivity contribution in [2.75, 3.05) is 40.8 Å². The summed E-state index contributed by atoms with van der Waals surface area (Å²) in [5, 5.41) is 6.04. The third-order valence-electron chi connectivity index (χ3n) is 1.85. The Balaban J connectivity index is 3.61. The van der Waals surface area contributed by atoms with Crippen LogP contribution in [0.2, 0.25) is 0 Å². The summed E-state index contributed by atoms with van der Waals surface area (Å²) in [5.74, 6) is 0.137. The number of nitrogens with one attached hydrogen (secondary N) is 2. The molecule has 0 atom stereocenters. The van der Waals surface area contributed by atoms with E-state index in [1.165, 1.54) is 0 Å². The first kappa shape index (κ1) is 13.5. The van der Waals surface area contributed by atoms with Crippen LogP contribution in [0.1, 0.15) is 6.92 Å². The van der Waals surface area contributed by atoms with Crippen molar-refractivity contribution in [3.8, 4) is 0 Å². The predicted molar refractivity (Wildman–Crippen MR) is 53.9 cm³/mol. The zero-order chi connectivity index (χ0) is 10.8. The number of hydrogen-bond donors (Lipinski definition) is 2. The number of hydrogen-bond acceptors (Lipinski definition) is 5. The lowest BCUT2D eigenvalue weighted by molar-refractivity contribution is -0.120. The largest absolute Gasteiger partial charge is 0.370 e. The summed E-state index contributed by atoms with van der Waals surface area (Å²) in [4.78, 5) is 11.2. The van der Waals surface area contributed by atoms with Crippen molar-refractivity contribution >= 4 is 5.78 Å². The summed E-state index contributed by atoms with van der Waals surface area (Å²) in [5.41, 5.74) is 0. The molecule has 0 aliphatic carbocycles. The predicted octanol–water partition coefficient (Wildman–Crippen LogP) is -0.421. The molecule has 2 N–H and O–H groups in total. The zero-order valence-electron chi connectivity index (χ0n) is 9.13. The Morgan fingerprint density at radius 2 is 1.57 bits per heavy atom. The summed E-state index contributed by atoms with van der Waals surface area (Å²) in [6.45, 7) is 3.77. The van der Waals surface area contributed by atoms with Crippen molar-refractivity contribution in [1.29, 1.82) is 0 Å². The van der Waals surface area contributed by atoms with E-state index in [0.29, 0.717) is 26.6 Å². The lowest BCUT2D eigenvalue weighted by Crippen LogP contribution is -2.36. The second-order valence-electron chi connectivity index (χ2n) is 3.08. The number of carbonyl (C=O) groups excluding carboxylic acids is 1. The summed E-state index contributed by atoms with van der Waals surface area (Å²) in [6, 6.07) is 0. The highest BCUT2D eigenvalue weighted by molar-refractivity contribution is 5.78. The first-order chi connectivity index (χ1) is 6.72. The molecule has 0 unspecified atom stereocenters. The second-order valence-corrected chi connectivity index (χ2v) is 3.08. The molecule has 5 nitrogen and oxygen atoms in total. The quantitative estimate of drug-likeness (QED) is 0.394. The molecule has 0 rings (SSSR count). The molecule has 0 bridgehead atoms. The Morgan fingerprint density at radius 1 is 1.14 bits per heavy atom. The summed E-state index contributed by atoms with van der Waals surface area (Å²) < 4.78 is 9.66. The SMILES string of the molecule is COCNCC(CNCOC)C(C)=O. The molecule has 84 valence electrons. The molecular formula is C9H20N2O3. The number of rotatable bonds is 9. The standard InChI is InChI=1S/C9H20N2O3/c1-8(12)9(4-10-6-13-2)5-11-7-14-3/h9-11H,4-7H2,1-3H3. The third kappa shape index (κ3) is 6.97. The van der Waals surface area contributed by atoms with Gasteiger partial charge in [-0.3, -0.25) is 15.4 Å².